The van der Waals surface area contributed by atoms with Crippen LogP contribution in [0.15, 0.2) is 143 Å². The SMILES string of the molecule is O=c1oc2ccccc2c2ccc(-c3ccc4c(c3)C3(c5ccccc5-c5ccccc53)c3ccccc3-4)cc12. The van der Waals surface area contributed by atoms with Crippen LogP contribution in [0.1, 0.15) is 22.3 Å². The fourth-order valence-electron chi connectivity index (χ4n) is 7.33. The molecule has 0 amide bonds. The molecule has 0 aliphatic heterocycles. The molecule has 40 heavy (non-hydrogen) atoms. The lowest BCUT2D eigenvalue weighted by molar-refractivity contribution is 0.569. The zero-order chi connectivity index (χ0) is 26.4. The number of rotatable bonds is 1. The Labute approximate surface area is 230 Å². The Hall–Kier alpha value is -5.21. The van der Waals surface area contributed by atoms with Gasteiger partial charge in [-0.3, -0.25) is 0 Å². The van der Waals surface area contributed by atoms with E-state index in [4.69, 9.17) is 4.42 Å². The Bertz CT molecular complexity index is 2190. The van der Waals surface area contributed by atoms with Gasteiger partial charge in [0.05, 0.1) is 10.8 Å². The zero-order valence-electron chi connectivity index (χ0n) is 21.5. The molecule has 1 aromatic heterocycles. The Morgan fingerprint density at radius 1 is 0.425 bits per heavy atom. The number of para-hydroxylation sites is 1. The van der Waals surface area contributed by atoms with Crippen LogP contribution in [-0.4, -0.2) is 0 Å². The van der Waals surface area contributed by atoms with Gasteiger partial charge in [0.1, 0.15) is 5.58 Å². The van der Waals surface area contributed by atoms with Crippen LogP contribution in [-0.2, 0) is 5.41 Å². The fourth-order valence-corrected chi connectivity index (χ4v) is 7.33. The second-order valence-electron chi connectivity index (χ2n) is 10.8. The summed E-state index contributed by atoms with van der Waals surface area (Å²) in [5.74, 6) is 0. The number of benzene rings is 6. The van der Waals surface area contributed by atoms with Crippen molar-refractivity contribution in [1.82, 2.24) is 0 Å². The highest BCUT2D eigenvalue weighted by Crippen LogP contribution is 2.62. The zero-order valence-corrected chi connectivity index (χ0v) is 21.5. The van der Waals surface area contributed by atoms with Gasteiger partial charge >= 0.3 is 5.63 Å². The minimum atomic E-state index is -0.388. The maximum absolute atomic E-state index is 13.0. The molecule has 0 bridgehead atoms. The van der Waals surface area contributed by atoms with Crippen LogP contribution in [0, 0.1) is 0 Å². The van der Waals surface area contributed by atoms with E-state index in [1.165, 1.54) is 44.5 Å². The van der Waals surface area contributed by atoms with Crippen LogP contribution in [0.4, 0.5) is 0 Å². The van der Waals surface area contributed by atoms with E-state index in [9.17, 15) is 4.79 Å². The molecular weight excluding hydrogens is 488 g/mol. The molecule has 0 atom stereocenters. The molecule has 2 aliphatic carbocycles. The Kier molecular flexibility index (Phi) is 4.16. The molecule has 186 valence electrons. The molecule has 2 heteroatoms. The van der Waals surface area contributed by atoms with E-state index in [0.29, 0.717) is 11.0 Å². The van der Waals surface area contributed by atoms with E-state index in [1.54, 1.807) is 0 Å². The first-order valence-corrected chi connectivity index (χ1v) is 13.6. The predicted octanol–water partition coefficient (Wildman–Crippen LogP) is 8.96. The van der Waals surface area contributed by atoms with E-state index < -0.39 is 0 Å². The lowest BCUT2D eigenvalue weighted by Gasteiger charge is -2.30. The summed E-state index contributed by atoms with van der Waals surface area (Å²) < 4.78 is 5.68. The van der Waals surface area contributed by atoms with E-state index in [-0.39, 0.29) is 11.0 Å². The summed E-state index contributed by atoms with van der Waals surface area (Å²) >= 11 is 0. The molecule has 2 nitrogen and oxygen atoms in total. The van der Waals surface area contributed by atoms with Gasteiger partial charge in [0.25, 0.3) is 0 Å². The van der Waals surface area contributed by atoms with Gasteiger partial charge in [-0.05, 0) is 79.2 Å². The van der Waals surface area contributed by atoms with Gasteiger partial charge < -0.3 is 4.42 Å². The maximum Gasteiger partial charge on any atom is 0.344 e. The van der Waals surface area contributed by atoms with Crippen molar-refractivity contribution in [2.75, 3.05) is 0 Å². The molecule has 1 heterocycles. The third-order valence-corrected chi connectivity index (χ3v) is 8.95. The van der Waals surface area contributed by atoms with Gasteiger partial charge in [0, 0.05) is 5.39 Å². The summed E-state index contributed by atoms with van der Waals surface area (Å²) in [6.45, 7) is 0. The lowest BCUT2D eigenvalue weighted by atomic mass is 9.70. The largest absolute Gasteiger partial charge is 0.422 e. The second kappa shape index (κ2) is 7.68. The van der Waals surface area contributed by atoms with Crippen molar-refractivity contribution in [1.29, 1.82) is 0 Å². The summed E-state index contributed by atoms with van der Waals surface area (Å²) in [6, 6.07) is 47.2. The first kappa shape index (κ1) is 21.7. The summed E-state index contributed by atoms with van der Waals surface area (Å²) in [5.41, 5.74) is 12.4. The summed E-state index contributed by atoms with van der Waals surface area (Å²) in [4.78, 5) is 13.0. The molecule has 7 aromatic rings. The predicted molar refractivity (Wildman–Crippen MR) is 162 cm³/mol. The van der Waals surface area contributed by atoms with Crippen molar-refractivity contribution in [3.8, 4) is 33.4 Å². The van der Waals surface area contributed by atoms with Crippen LogP contribution in [0.5, 0.6) is 0 Å². The van der Waals surface area contributed by atoms with Gasteiger partial charge in [0.15, 0.2) is 0 Å². The highest BCUT2D eigenvalue weighted by molar-refractivity contribution is 6.05. The normalized spacial score (nSPS) is 13.8. The molecule has 0 unspecified atom stereocenters. The van der Waals surface area contributed by atoms with E-state index in [1.807, 2.05) is 30.3 Å². The van der Waals surface area contributed by atoms with Gasteiger partial charge in [0.2, 0.25) is 0 Å². The average Bonchev–Trinajstić information content (AvgIpc) is 3.48. The second-order valence-corrected chi connectivity index (χ2v) is 10.8. The fraction of sp³-hybridized carbons (Fsp3) is 0.0263. The molecule has 0 radical (unpaired) electrons. The molecule has 2 aliphatic rings. The van der Waals surface area contributed by atoms with Crippen molar-refractivity contribution in [3.05, 3.63) is 166 Å². The number of hydrogen-bond donors (Lipinski definition) is 0. The van der Waals surface area contributed by atoms with Gasteiger partial charge in [-0.25, -0.2) is 4.79 Å². The monoisotopic (exact) mass is 510 g/mol. The number of fused-ring (bicyclic) bond motifs is 13. The third-order valence-electron chi connectivity index (χ3n) is 8.95. The van der Waals surface area contributed by atoms with Crippen molar-refractivity contribution in [2.45, 2.75) is 5.41 Å². The highest BCUT2D eigenvalue weighted by atomic mass is 16.4. The molecule has 0 N–H and O–H groups in total. The van der Waals surface area contributed by atoms with Crippen molar-refractivity contribution in [2.24, 2.45) is 0 Å². The number of hydrogen-bond acceptors (Lipinski definition) is 2. The summed E-state index contributed by atoms with van der Waals surface area (Å²) in [6.07, 6.45) is 0. The highest BCUT2D eigenvalue weighted by Gasteiger charge is 2.51. The molecule has 1 spiro atoms. The smallest absolute Gasteiger partial charge is 0.344 e. The van der Waals surface area contributed by atoms with Crippen LogP contribution >= 0.6 is 0 Å². The minimum Gasteiger partial charge on any atom is -0.422 e. The Morgan fingerprint density at radius 2 is 0.950 bits per heavy atom. The minimum absolute atomic E-state index is 0.306. The Balaban J connectivity index is 1.34. The molecular formula is C38H22O2. The average molecular weight is 511 g/mol. The first-order valence-electron chi connectivity index (χ1n) is 13.6. The molecule has 9 rings (SSSR count). The Morgan fingerprint density at radius 3 is 1.62 bits per heavy atom. The standard InChI is InChI=1S/C38H22O2/c39-37-31-21-23(17-19-25(31)30-12-4-8-16-36(30)40-37)24-18-20-29-28-11-3-7-15-34(28)38(35(29)22-24)32-13-5-1-9-26(32)27-10-2-6-14-33(27)38/h1-22H. The van der Waals surface area contributed by atoms with Crippen LogP contribution in [0.3, 0.4) is 0 Å². The third kappa shape index (κ3) is 2.60. The van der Waals surface area contributed by atoms with E-state index in [0.717, 1.165) is 21.9 Å². The molecule has 0 saturated heterocycles. The van der Waals surface area contributed by atoms with Crippen molar-refractivity contribution >= 4 is 21.7 Å². The first-order chi connectivity index (χ1) is 19.7. The quantitative estimate of drug-likeness (QED) is 0.163. The maximum atomic E-state index is 13.0. The topological polar surface area (TPSA) is 30.2 Å². The molecule has 0 saturated carbocycles. The van der Waals surface area contributed by atoms with Crippen molar-refractivity contribution < 1.29 is 4.42 Å². The summed E-state index contributed by atoms with van der Waals surface area (Å²) in [7, 11) is 0. The van der Waals surface area contributed by atoms with Crippen LogP contribution in [0.2, 0.25) is 0 Å². The molecule has 0 fully saturated rings. The van der Waals surface area contributed by atoms with Gasteiger partial charge in [-0.15, -0.1) is 0 Å². The van der Waals surface area contributed by atoms with E-state index >= 15 is 0 Å². The summed E-state index contributed by atoms with van der Waals surface area (Å²) in [5, 5.41) is 2.47. The molecule has 6 aromatic carbocycles. The van der Waals surface area contributed by atoms with Gasteiger partial charge in [-0.2, -0.15) is 0 Å². The van der Waals surface area contributed by atoms with Crippen LogP contribution < -0.4 is 5.63 Å². The lowest BCUT2D eigenvalue weighted by Crippen LogP contribution is -2.25. The van der Waals surface area contributed by atoms with Gasteiger partial charge in [-0.1, -0.05) is 115 Å². The van der Waals surface area contributed by atoms with Crippen molar-refractivity contribution in [3.63, 3.8) is 0 Å². The van der Waals surface area contributed by atoms with E-state index in [2.05, 4.69) is 103 Å². The van der Waals surface area contributed by atoms with Crippen LogP contribution in [0.25, 0.3) is 55.1 Å².